The van der Waals surface area contributed by atoms with Crippen LogP contribution in [0, 0.1) is 0 Å². The van der Waals surface area contributed by atoms with Crippen LogP contribution < -0.4 is 5.73 Å². The largest absolute Gasteiger partial charge is 0.475 e. The predicted molar refractivity (Wildman–Crippen MR) is 48.3 cm³/mol. The number of hydrogen-bond donors (Lipinski definition) is 3. The minimum absolute atomic E-state index is 0.134. The number of aromatic carboxylic acids is 1. The van der Waals surface area contributed by atoms with Crippen LogP contribution in [0.1, 0.15) is 10.6 Å². The fourth-order valence-electron chi connectivity index (χ4n) is 0.631. The summed E-state index contributed by atoms with van der Waals surface area (Å²) in [4.78, 5) is 26.9. The topological polar surface area (TPSA) is 153 Å². The van der Waals surface area contributed by atoms with Crippen molar-refractivity contribution >= 4 is 12.0 Å². The van der Waals surface area contributed by atoms with E-state index in [1.54, 1.807) is 0 Å². The van der Waals surface area contributed by atoms with Crippen LogP contribution in [0.5, 0.6) is 0 Å². The van der Waals surface area contributed by atoms with Gasteiger partial charge in [0.15, 0.2) is 0 Å². The van der Waals surface area contributed by atoms with Gasteiger partial charge in [0.25, 0.3) is 0 Å². The van der Waals surface area contributed by atoms with Crippen LogP contribution in [-0.2, 0) is 0 Å². The lowest BCUT2D eigenvalue weighted by atomic mass is 10.7. The number of primary amides is 1. The quantitative estimate of drug-likeness (QED) is 0.545. The van der Waals surface area contributed by atoms with E-state index in [2.05, 4.69) is 25.3 Å². The summed E-state index contributed by atoms with van der Waals surface area (Å²) in [6, 6.07) is -0.623. The van der Waals surface area contributed by atoms with Crippen LogP contribution in [0.25, 0.3) is 0 Å². The van der Waals surface area contributed by atoms with Gasteiger partial charge in [-0.3, -0.25) is 5.10 Å². The van der Waals surface area contributed by atoms with Gasteiger partial charge in [0, 0.05) is 0 Å². The van der Waals surface area contributed by atoms with Gasteiger partial charge >= 0.3 is 12.0 Å². The Morgan fingerprint density at radius 1 is 1.44 bits per heavy atom. The lowest BCUT2D eigenvalue weighted by Gasteiger charge is -1.85. The molecule has 0 radical (unpaired) electrons. The first kappa shape index (κ1) is 11.3. The Kier molecular flexibility index (Phi) is 3.66. The molecule has 0 bridgehead atoms. The highest BCUT2D eigenvalue weighted by atomic mass is 16.4. The number of carboxylic acid groups (broad SMARTS) is 1. The Balaban J connectivity index is 0.000000160. The van der Waals surface area contributed by atoms with Gasteiger partial charge in [-0.15, -0.1) is 0 Å². The first-order chi connectivity index (χ1) is 7.61. The Labute approximate surface area is 88.1 Å². The summed E-state index contributed by atoms with van der Waals surface area (Å²) in [6.07, 6.45) is 3.62. The third kappa shape index (κ3) is 3.17. The number of hydrogen-bond acceptors (Lipinski definition) is 6. The van der Waals surface area contributed by atoms with Crippen molar-refractivity contribution in [3.05, 3.63) is 24.8 Å². The zero-order valence-electron chi connectivity index (χ0n) is 7.81. The normalized spacial score (nSPS) is 9.00. The van der Waals surface area contributed by atoms with E-state index in [4.69, 9.17) is 10.8 Å². The molecule has 10 heteroatoms. The second kappa shape index (κ2) is 5.19. The van der Waals surface area contributed by atoms with Gasteiger partial charge in [-0.1, -0.05) is 0 Å². The first-order valence-electron chi connectivity index (χ1n) is 3.84. The molecule has 0 unspecified atom stereocenters. The number of nitrogens with two attached hydrogens (primary N) is 1. The lowest BCUT2D eigenvalue weighted by molar-refractivity contribution is 0.0684. The molecule has 2 rings (SSSR count). The maximum atomic E-state index is 10.1. The first-order valence-corrected chi connectivity index (χ1v) is 3.84. The molecule has 0 fully saturated rings. The van der Waals surface area contributed by atoms with Crippen molar-refractivity contribution in [3.63, 3.8) is 0 Å². The van der Waals surface area contributed by atoms with Gasteiger partial charge in [-0.05, 0) is 0 Å². The molecule has 4 N–H and O–H groups in total. The number of aromatic amines is 1. The second-order valence-corrected chi connectivity index (χ2v) is 2.32. The van der Waals surface area contributed by atoms with Crippen LogP contribution in [-0.4, -0.2) is 47.1 Å². The molecule has 0 aliphatic heterocycles. The fraction of sp³-hybridized carbons (Fsp3) is 0. The fourth-order valence-corrected chi connectivity index (χ4v) is 0.631. The molecule has 0 aliphatic carbocycles. The molecular weight excluding hydrogens is 218 g/mol. The lowest BCUT2D eigenvalue weighted by Crippen LogP contribution is -2.19. The summed E-state index contributed by atoms with van der Waals surface area (Å²) in [5.41, 5.74) is 4.78. The monoisotopic (exact) mass is 225 g/mol. The number of aromatic nitrogens is 6. The van der Waals surface area contributed by atoms with Crippen molar-refractivity contribution in [2.45, 2.75) is 0 Å². The smallest absolute Gasteiger partial charge is 0.373 e. The molecule has 16 heavy (non-hydrogen) atoms. The van der Waals surface area contributed by atoms with Crippen LogP contribution in [0.15, 0.2) is 19.0 Å². The van der Waals surface area contributed by atoms with Gasteiger partial charge < -0.3 is 10.8 Å². The molecule has 10 nitrogen and oxygen atoms in total. The molecule has 84 valence electrons. The Bertz CT molecular complexity index is 404. The Morgan fingerprint density at radius 3 is 2.44 bits per heavy atom. The average Bonchev–Trinajstić information content (AvgIpc) is 2.93. The van der Waals surface area contributed by atoms with E-state index in [9.17, 15) is 9.59 Å². The minimum atomic E-state index is -1.09. The SMILES string of the molecule is NC(=O)n1cncn1.O=C(O)c1ncn[nH]1. The van der Waals surface area contributed by atoms with E-state index >= 15 is 0 Å². The van der Waals surface area contributed by atoms with Crippen molar-refractivity contribution in [1.29, 1.82) is 0 Å². The molecule has 2 aromatic rings. The summed E-state index contributed by atoms with van der Waals surface area (Å²) in [5.74, 6) is -1.23. The van der Waals surface area contributed by atoms with Gasteiger partial charge in [-0.25, -0.2) is 19.6 Å². The van der Waals surface area contributed by atoms with E-state index in [1.165, 1.54) is 12.7 Å². The van der Waals surface area contributed by atoms with E-state index in [0.29, 0.717) is 0 Å². The number of H-pyrrole nitrogens is 1. The second-order valence-electron chi connectivity index (χ2n) is 2.32. The molecule has 0 saturated heterocycles. The van der Waals surface area contributed by atoms with Gasteiger partial charge in [0.05, 0.1) is 0 Å². The van der Waals surface area contributed by atoms with Gasteiger partial charge in [-0.2, -0.15) is 14.9 Å². The van der Waals surface area contributed by atoms with Crippen molar-refractivity contribution < 1.29 is 14.7 Å². The number of carbonyl (C=O) groups is 2. The highest BCUT2D eigenvalue weighted by molar-refractivity contribution is 5.82. The number of carboxylic acids is 1. The average molecular weight is 225 g/mol. The predicted octanol–water partition coefficient (Wildman–Crippen LogP) is -1.29. The third-order valence-corrected chi connectivity index (χ3v) is 1.26. The highest BCUT2D eigenvalue weighted by Crippen LogP contribution is 1.80. The van der Waals surface area contributed by atoms with Crippen LogP contribution in [0.4, 0.5) is 4.79 Å². The van der Waals surface area contributed by atoms with Crippen LogP contribution >= 0.6 is 0 Å². The van der Waals surface area contributed by atoms with E-state index in [0.717, 1.165) is 11.0 Å². The molecule has 0 aliphatic rings. The number of amides is 1. The molecule has 2 heterocycles. The van der Waals surface area contributed by atoms with Crippen molar-refractivity contribution in [1.82, 2.24) is 29.9 Å². The van der Waals surface area contributed by atoms with Crippen molar-refractivity contribution in [3.8, 4) is 0 Å². The number of nitrogens with zero attached hydrogens (tertiary/aromatic N) is 5. The summed E-state index contributed by atoms with van der Waals surface area (Å²) in [5, 5.41) is 17.1. The van der Waals surface area contributed by atoms with E-state index in [1.807, 2.05) is 0 Å². The van der Waals surface area contributed by atoms with E-state index < -0.39 is 12.0 Å². The summed E-state index contributed by atoms with van der Waals surface area (Å²) >= 11 is 0. The zero-order valence-corrected chi connectivity index (χ0v) is 7.81. The maximum Gasteiger partial charge on any atom is 0.373 e. The molecule has 0 aromatic carbocycles. The zero-order chi connectivity index (χ0) is 12.0. The number of rotatable bonds is 1. The number of carbonyl (C=O) groups excluding carboxylic acids is 1. The molecule has 0 atom stereocenters. The standard InChI is InChI=1S/C3H4N4O.C3H3N3O2/c4-3(8)7-2-5-1-6-7;7-3(8)2-4-1-5-6-2/h1-2H,(H2,4,8);1H,(H,7,8)(H,4,5,6). The van der Waals surface area contributed by atoms with Crippen molar-refractivity contribution in [2.24, 2.45) is 5.73 Å². The summed E-state index contributed by atoms with van der Waals surface area (Å²) in [6.45, 7) is 0. The molecule has 0 spiro atoms. The molecule has 0 saturated carbocycles. The Hall–Kier alpha value is -2.78. The Morgan fingerprint density at radius 2 is 2.19 bits per heavy atom. The maximum absolute atomic E-state index is 10.1. The van der Waals surface area contributed by atoms with Crippen LogP contribution in [0.3, 0.4) is 0 Å². The van der Waals surface area contributed by atoms with Crippen LogP contribution in [0.2, 0.25) is 0 Å². The third-order valence-electron chi connectivity index (χ3n) is 1.26. The van der Waals surface area contributed by atoms with E-state index in [-0.39, 0.29) is 5.82 Å². The van der Waals surface area contributed by atoms with Gasteiger partial charge in [0.1, 0.15) is 19.0 Å². The molecule has 1 amide bonds. The summed E-state index contributed by atoms with van der Waals surface area (Å²) < 4.78 is 0.944. The molecule has 2 aromatic heterocycles. The van der Waals surface area contributed by atoms with Crippen molar-refractivity contribution in [2.75, 3.05) is 0 Å². The highest BCUT2D eigenvalue weighted by Gasteiger charge is 2.02. The van der Waals surface area contributed by atoms with Gasteiger partial charge in [0.2, 0.25) is 5.82 Å². The number of nitrogens with one attached hydrogen (secondary N) is 1. The minimum Gasteiger partial charge on any atom is -0.475 e. The summed E-state index contributed by atoms with van der Waals surface area (Å²) in [7, 11) is 0. The molecular formula is C6H7N7O3.